The van der Waals surface area contributed by atoms with Crippen molar-refractivity contribution in [3.8, 4) is 0 Å². The molecule has 3 heteroatoms. The first kappa shape index (κ1) is 11.7. The molecule has 3 rings (SSSR count). The van der Waals surface area contributed by atoms with Crippen molar-refractivity contribution in [1.29, 1.82) is 0 Å². The minimum Gasteiger partial charge on any atom is -0.388 e. The minimum atomic E-state index is -0.399. The number of carbonyl (C=O) groups is 1. The fraction of sp³-hybridized carbons (Fsp3) is 0.533. The third-order valence-corrected chi connectivity index (χ3v) is 4.39. The van der Waals surface area contributed by atoms with Gasteiger partial charge in [-0.3, -0.25) is 4.79 Å². The van der Waals surface area contributed by atoms with Gasteiger partial charge in [0.15, 0.2) is 0 Å². The van der Waals surface area contributed by atoms with E-state index < -0.39 is 6.10 Å². The Balaban J connectivity index is 1.86. The molecule has 1 aromatic carbocycles. The monoisotopic (exact) mass is 245 g/mol. The highest BCUT2D eigenvalue weighted by atomic mass is 16.3. The Kier molecular flexibility index (Phi) is 2.67. The number of aliphatic hydroxyl groups excluding tert-OH is 1. The molecular formula is C15H19NO2. The number of hydrogen-bond donors (Lipinski definition) is 1. The summed E-state index contributed by atoms with van der Waals surface area (Å²) in [5.74, 6) is 1.13. The van der Waals surface area contributed by atoms with Crippen LogP contribution in [0.2, 0.25) is 0 Å². The Morgan fingerprint density at radius 2 is 2.11 bits per heavy atom. The molecule has 1 fully saturated rings. The van der Waals surface area contributed by atoms with Crippen LogP contribution in [0.4, 0.5) is 5.69 Å². The van der Waals surface area contributed by atoms with Crippen molar-refractivity contribution in [3.05, 3.63) is 29.3 Å². The van der Waals surface area contributed by atoms with Crippen molar-refractivity contribution < 1.29 is 9.90 Å². The number of rotatable bonds is 3. The lowest BCUT2D eigenvalue weighted by molar-refractivity contribution is -0.117. The maximum absolute atomic E-state index is 11.6. The number of likely N-dealkylation sites (N-methyl/N-ethyl adjacent to an activating group) is 1. The van der Waals surface area contributed by atoms with E-state index in [4.69, 9.17) is 0 Å². The van der Waals surface area contributed by atoms with E-state index in [0.717, 1.165) is 16.8 Å². The molecule has 1 aliphatic heterocycles. The molecule has 1 amide bonds. The van der Waals surface area contributed by atoms with Crippen molar-refractivity contribution in [2.24, 2.45) is 11.8 Å². The maximum Gasteiger partial charge on any atom is 0.231 e. The largest absolute Gasteiger partial charge is 0.388 e. The standard InChI is InChI=1S/C15H19NO2/c1-9(10-3-4-10)15(18)11-5-6-13-12(7-11)8-14(17)16(13)2/h5-7,9-10,15,18H,3-4,8H2,1-2H3. The van der Waals surface area contributed by atoms with Gasteiger partial charge in [0.1, 0.15) is 0 Å². The summed E-state index contributed by atoms with van der Waals surface area (Å²) in [5, 5.41) is 10.4. The lowest BCUT2D eigenvalue weighted by Crippen LogP contribution is -2.20. The van der Waals surface area contributed by atoms with E-state index in [1.54, 1.807) is 11.9 Å². The number of nitrogens with zero attached hydrogens (tertiary/aromatic N) is 1. The number of amides is 1. The Labute approximate surface area is 107 Å². The van der Waals surface area contributed by atoms with Crippen LogP contribution in [0.1, 0.15) is 37.0 Å². The van der Waals surface area contributed by atoms with Crippen molar-refractivity contribution >= 4 is 11.6 Å². The SMILES string of the molecule is CC(C1CC1)C(O)c1ccc2c(c1)CC(=O)N2C. The molecule has 0 radical (unpaired) electrons. The van der Waals surface area contributed by atoms with Gasteiger partial charge in [0.05, 0.1) is 12.5 Å². The lowest BCUT2D eigenvalue weighted by atomic mass is 9.92. The van der Waals surface area contributed by atoms with Gasteiger partial charge >= 0.3 is 0 Å². The summed E-state index contributed by atoms with van der Waals surface area (Å²) < 4.78 is 0. The van der Waals surface area contributed by atoms with E-state index in [0.29, 0.717) is 18.3 Å². The highest BCUT2D eigenvalue weighted by Crippen LogP contribution is 2.43. The highest BCUT2D eigenvalue weighted by molar-refractivity contribution is 6.00. The number of carbonyl (C=O) groups excluding carboxylic acids is 1. The molecule has 1 N–H and O–H groups in total. The van der Waals surface area contributed by atoms with Crippen LogP contribution >= 0.6 is 0 Å². The molecule has 1 saturated carbocycles. The van der Waals surface area contributed by atoms with E-state index in [2.05, 4.69) is 6.92 Å². The quantitative estimate of drug-likeness (QED) is 0.887. The average Bonchev–Trinajstić information content (AvgIpc) is 3.16. The highest BCUT2D eigenvalue weighted by Gasteiger charge is 2.34. The maximum atomic E-state index is 11.6. The fourth-order valence-corrected chi connectivity index (χ4v) is 2.86. The molecule has 2 aliphatic rings. The van der Waals surface area contributed by atoms with Gasteiger partial charge in [-0.2, -0.15) is 0 Å². The zero-order valence-electron chi connectivity index (χ0n) is 10.9. The van der Waals surface area contributed by atoms with Crippen LogP contribution < -0.4 is 4.90 Å². The van der Waals surface area contributed by atoms with Crippen LogP contribution in [-0.2, 0) is 11.2 Å². The van der Waals surface area contributed by atoms with E-state index >= 15 is 0 Å². The third kappa shape index (κ3) is 1.83. The molecule has 18 heavy (non-hydrogen) atoms. The molecule has 0 bridgehead atoms. The summed E-state index contributed by atoms with van der Waals surface area (Å²) in [5.41, 5.74) is 2.98. The van der Waals surface area contributed by atoms with Gasteiger partial charge in [-0.1, -0.05) is 19.1 Å². The molecule has 1 aliphatic carbocycles. The van der Waals surface area contributed by atoms with Crippen molar-refractivity contribution in [3.63, 3.8) is 0 Å². The van der Waals surface area contributed by atoms with E-state index in [-0.39, 0.29) is 5.91 Å². The first-order chi connectivity index (χ1) is 8.58. The summed E-state index contributed by atoms with van der Waals surface area (Å²) in [6.07, 6.45) is 2.54. The van der Waals surface area contributed by atoms with Crippen LogP contribution in [0.15, 0.2) is 18.2 Å². The first-order valence-corrected chi connectivity index (χ1v) is 6.65. The molecule has 2 atom stereocenters. The Bertz CT molecular complexity index is 493. The summed E-state index contributed by atoms with van der Waals surface area (Å²) in [4.78, 5) is 13.3. The van der Waals surface area contributed by atoms with Gasteiger partial charge in [0, 0.05) is 12.7 Å². The minimum absolute atomic E-state index is 0.131. The van der Waals surface area contributed by atoms with Crippen molar-refractivity contribution in [1.82, 2.24) is 0 Å². The summed E-state index contributed by atoms with van der Waals surface area (Å²) >= 11 is 0. The van der Waals surface area contributed by atoms with Crippen molar-refractivity contribution in [2.75, 3.05) is 11.9 Å². The van der Waals surface area contributed by atoms with Gasteiger partial charge in [-0.05, 0) is 41.9 Å². The second kappa shape index (κ2) is 4.09. The molecule has 0 saturated heterocycles. The van der Waals surface area contributed by atoms with Gasteiger partial charge in [0.2, 0.25) is 5.91 Å². The van der Waals surface area contributed by atoms with E-state index in [1.165, 1.54) is 12.8 Å². The summed E-state index contributed by atoms with van der Waals surface area (Å²) in [6, 6.07) is 5.91. The summed E-state index contributed by atoms with van der Waals surface area (Å²) in [7, 11) is 1.80. The zero-order valence-corrected chi connectivity index (χ0v) is 10.9. The van der Waals surface area contributed by atoms with Crippen molar-refractivity contribution in [2.45, 2.75) is 32.3 Å². The molecule has 0 spiro atoms. The second-order valence-corrected chi connectivity index (χ2v) is 5.66. The van der Waals surface area contributed by atoms with Gasteiger partial charge in [-0.25, -0.2) is 0 Å². The van der Waals surface area contributed by atoms with Crippen LogP contribution in [0.3, 0.4) is 0 Å². The predicted molar refractivity (Wildman–Crippen MR) is 70.4 cm³/mol. The second-order valence-electron chi connectivity index (χ2n) is 5.66. The molecule has 2 unspecified atom stereocenters. The van der Waals surface area contributed by atoms with Gasteiger partial charge < -0.3 is 10.0 Å². The fourth-order valence-electron chi connectivity index (χ4n) is 2.86. The van der Waals surface area contributed by atoms with E-state index in [1.807, 2.05) is 18.2 Å². The zero-order chi connectivity index (χ0) is 12.9. The van der Waals surface area contributed by atoms with Crippen LogP contribution in [0.5, 0.6) is 0 Å². The number of benzene rings is 1. The van der Waals surface area contributed by atoms with Crippen LogP contribution in [0, 0.1) is 11.8 Å². The average molecular weight is 245 g/mol. The molecule has 0 aromatic heterocycles. The van der Waals surface area contributed by atoms with Crippen LogP contribution in [-0.4, -0.2) is 18.1 Å². The number of aliphatic hydroxyl groups is 1. The smallest absolute Gasteiger partial charge is 0.231 e. The van der Waals surface area contributed by atoms with Crippen LogP contribution in [0.25, 0.3) is 0 Å². The summed E-state index contributed by atoms with van der Waals surface area (Å²) in [6.45, 7) is 2.12. The number of anilines is 1. The van der Waals surface area contributed by atoms with Gasteiger partial charge in [0.25, 0.3) is 0 Å². The third-order valence-electron chi connectivity index (χ3n) is 4.39. The van der Waals surface area contributed by atoms with Gasteiger partial charge in [-0.15, -0.1) is 0 Å². The number of hydrogen-bond acceptors (Lipinski definition) is 2. The van der Waals surface area contributed by atoms with E-state index in [9.17, 15) is 9.90 Å². The Morgan fingerprint density at radius 3 is 2.78 bits per heavy atom. The number of fused-ring (bicyclic) bond motifs is 1. The normalized spacial score (nSPS) is 21.9. The predicted octanol–water partition coefficient (Wildman–Crippen LogP) is 2.29. The molecule has 96 valence electrons. The first-order valence-electron chi connectivity index (χ1n) is 6.65. The molecule has 1 aromatic rings. The topological polar surface area (TPSA) is 40.5 Å². The Hall–Kier alpha value is -1.35. The molecular weight excluding hydrogens is 226 g/mol. The molecule has 3 nitrogen and oxygen atoms in total. The molecule has 1 heterocycles. The Morgan fingerprint density at radius 1 is 1.39 bits per heavy atom. The lowest BCUT2D eigenvalue weighted by Gasteiger charge is -2.19.